The van der Waals surface area contributed by atoms with Crippen LogP contribution in [0.25, 0.3) is 0 Å². The van der Waals surface area contributed by atoms with Gasteiger partial charge in [-0.1, -0.05) is 0 Å². The van der Waals surface area contributed by atoms with Gasteiger partial charge in [-0.15, -0.1) is 0 Å². The summed E-state index contributed by atoms with van der Waals surface area (Å²) >= 11 is 0. The van der Waals surface area contributed by atoms with Crippen LogP contribution in [-0.4, -0.2) is 38.4 Å². The molecule has 24 heavy (non-hydrogen) atoms. The van der Waals surface area contributed by atoms with Crippen LogP contribution in [0.3, 0.4) is 0 Å². The minimum Gasteiger partial charge on any atom is -0.338 e. The second kappa shape index (κ2) is 6.26. The Hall–Kier alpha value is -2.37. The van der Waals surface area contributed by atoms with Crippen molar-refractivity contribution in [2.24, 2.45) is 7.05 Å². The number of imidazole rings is 1. The van der Waals surface area contributed by atoms with Gasteiger partial charge in [0.2, 0.25) is 0 Å². The van der Waals surface area contributed by atoms with E-state index >= 15 is 0 Å². The van der Waals surface area contributed by atoms with E-state index in [0.717, 1.165) is 35.6 Å². The molecule has 0 bridgehead atoms. The molecule has 1 N–H and O–H groups in total. The quantitative estimate of drug-likeness (QED) is 0.917. The molecule has 1 fully saturated rings. The zero-order valence-corrected chi connectivity index (χ0v) is 14.7. The first-order chi connectivity index (χ1) is 11.4. The molecule has 1 atom stereocenters. The summed E-state index contributed by atoms with van der Waals surface area (Å²) in [5, 5.41) is 0. The number of likely N-dealkylation sites (tertiary alicyclic amines) is 1. The maximum Gasteiger partial charge on any atom is 0.261 e. The van der Waals surface area contributed by atoms with Gasteiger partial charge in [0.05, 0.1) is 5.69 Å². The van der Waals surface area contributed by atoms with Crippen molar-refractivity contribution in [1.29, 1.82) is 0 Å². The molecule has 1 unspecified atom stereocenters. The summed E-state index contributed by atoms with van der Waals surface area (Å²) in [7, 11) is 1.99. The van der Waals surface area contributed by atoms with Crippen LogP contribution in [0.1, 0.15) is 51.9 Å². The molecule has 0 spiro atoms. The van der Waals surface area contributed by atoms with Gasteiger partial charge in [0.25, 0.3) is 11.5 Å². The molecular weight excluding hydrogens is 304 g/mol. The van der Waals surface area contributed by atoms with E-state index in [1.165, 1.54) is 0 Å². The molecule has 1 saturated heterocycles. The Morgan fingerprint density at radius 2 is 2.08 bits per heavy atom. The second-order valence-electron chi connectivity index (χ2n) is 6.76. The van der Waals surface area contributed by atoms with Crippen molar-refractivity contribution >= 4 is 5.91 Å². The molecule has 0 saturated carbocycles. The summed E-state index contributed by atoms with van der Waals surface area (Å²) < 4.78 is 2.04. The van der Waals surface area contributed by atoms with Crippen LogP contribution in [0.2, 0.25) is 0 Å². The summed E-state index contributed by atoms with van der Waals surface area (Å²) in [5.74, 6) is 1.04. The summed E-state index contributed by atoms with van der Waals surface area (Å²) in [6.07, 6.45) is 3.94. The lowest BCUT2D eigenvalue weighted by Crippen LogP contribution is -2.41. The smallest absolute Gasteiger partial charge is 0.261 e. The van der Waals surface area contributed by atoms with E-state index in [1.54, 1.807) is 11.0 Å². The molecule has 1 amide bonds. The van der Waals surface area contributed by atoms with Crippen molar-refractivity contribution in [3.63, 3.8) is 0 Å². The maximum absolute atomic E-state index is 12.8. The summed E-state index contributed by atoms with van der Waals surface area (Å²) in [5.41, 5.74) is 2.64. The number of hydrogen-bond donors (Lipinski definition) is 1. The third-order valence-electron chi connectivity index (χ3n) is 4.83. The standard InChI is InChI=1S/C18H24N4O2/c1-11-8-15(17(23)20-13(11)3)18(24)22-7-5-6-14(10-22)16-19-12(2)9-21(16)4/h8-9,14H,5-7,10H2,1-4H3,(H,20,23). The highest BCUT2D eigenvalue weighted by Crippen LogP contribution is 2.26. The number of H-pyrrole nitrogens is 1. The number of amides is 1. The van der Waals surface area contributed by atoms with E-state index in [1.807, 2.05) is 38.6 Å². The molecule has 0 aliphatic carbocycles. The molecule has 6 nitrogen and oxygen atoms in total. The molecule has 2 aromatic rings. The predicted octanol–water partition coefficient (Wildman–Crippen LogP) is 2.05. The first-order valence-electron chi connectivity index (χ1n) is 8.36. The van der Waals surface area contributed by atoms with Gasteiger partial charge in [-0.05, 0) is 45.2 Å². The number of aryl methyl sites for hydroxylation is 4. The molecule has 128 valence electrons. The van der Waals surface area contributed by atoms with Crippen LogP contribution in [0.4, 0.5) is 0 Å². The molecule has 2 aromatic heterocycles. The average molecular weight is 328 g/mol. The lowest BCUT2D eigenvalue weighted by Gasteiger charge is -2.32. The van der Waals surface area contributed by atoms with Gasteiger partial charge in [-0.25, -0.2) is 4.98 Å². The van der Waals surface area contributed by atoms with E-state index in [-0.39, 0.29) is 22.9 Å². The molecule has 1 aliphatic heterocycles. The Kier molecular flexibility index (Phi) is 4.30. The van der Waals surface area contributed by atoms with Crippen molar-refractivity contribution < 1.29 is 4.79 Å². The molecule has 3 heterocycles. The SMILES string of the molecule is Cc1cn(C)c(C2CCCN(C(=O)c3cc(C)c(C)[nH]c3=O)C2)n1. The van der Waals surface area contributed by atoms with Crippen LogP contribution < -0.4 is 5.56 Å². The third kappa shape index (κ3) is 3.00. The lowest BCUT2D eigenvalue weighted by molar-refractivity contribution is 0.0701. The zero-order valence-electron chi connectivity index (χ0n) is 14.7. The largest absolute Gasteiger partial charge is 0.338 e. The van der Waals surface area contributed by atoms with Gasteiger partial charge in [-0.3, -0.25) is 9.59 Å². The monoisotopic (exact) mass is 328 g/mol. The Morgan fingerprint density at radius 3 is 2.75 bits per heavy atom. The van der Waals surface area contributed by atoms with E-state index in [9.17, 15) is 9.59 Å². The fourth-order valence-corrected chi connectivity index (χ4v) is 3.44. The normalized spacial score (nSPS) is 18.0. The highest BCUT2D eigenvalue weighted by atomic mass is 16.2. The third-order valence-corrected chi connectivity index (χ3v) is 4.83. The number of aromatic nitrogens is 3. The highest BCUT2D eigenvalue weighted by Gasteiger charge is 2.29. The van der Waals surface area contributed by atoms with Gasteiger partial charge in [0.15, 0.2) is 0 Å². The number of carbonyl (C=O) groups is 1. The fraction of sp³-hybridized carbons (Fsp3) is 0.500. The molecule has 3 rings (SSSR count). The number of nitrogens with one attached hydrogen (secondary N) is 1. The fourth-order valence-electron chi connectivity index (χ4n) is 3.44. The molecule has 1 aliphatic rings. The van der Waals surface area contributed by atoms with Crippen molar-refractivity contribution in [2.45, 2.75) is 39.5 Å². The minimum absolute atomic E-state index is 0.185. The highest BCUT2D eigenvalue weighted by molar-refractivity contribution is 5.94. The summed E-state index contributed by atoms with van der Waals surface area (Å²) in [4.78, 5) is 34.1. The first kappa shape index (κ1) is 16.5. The number of rotatable bonds is 2. The number of pyridine rings is 1. The number of nitrogens with zero attached hydrogens (tertiary/aromatic N) is 3. The van der Waals surface area contributed by atoms with Crippen molar-refractivity contribution in [3.8, 4) is 0 Å². The molecular formula is C18H24N4O2. The molecule has 6 heteroatoms. The Labute approximate surface area is 141 Å². The number of carbonyl (C=O) groups excluding carboxylic acids is 1. The van der Waals surface area contributed by atoms with Crippen LogP contribution in [-0.2, 0) is 7.05 Å². The Bertz CT molecular complexity index is 834. The molecule has 0 radical (unpaired) electrons. The van der Waals surface area contributed by atoms with Crippen molar-refractivity contribution in [3.05, 3.63) is 51.0 Å². The van der Waals surface area contributed by atoms with Gasteiger partial charge < -0.3 is 14.5 Å². The van der Waals surface area contributed by atoms with E-state index in [4.69, 9.17) is 0 Å². The van der Waals surface area contributed by atoms with Gasteiger partial charge in [-0.2, -0.15) is 0 Å². The predicted molar refractivity (Wildman–Crippen MR) is 92.4 cm³/mol. The zero-order chi connectivity index (χ0) is 17.4. The Morgan fingerprint density at radius 1 is 1.33 bits per heavy atom. The number of piperidine rings is 1. The van der Waals surface area contributed by atoms with Gasteiger partial charge in [0, 0.05) is 37.9 Å². The number of hydrogen-bond acceptors (Lipinski definition) is 3. The average Bonchev–Trinajstić information content (AvgIpc) is 2.89. The van der Waals surface area contributed by atoms with Crippen LogP contribution >= 0.6 is 0 Å². The van der Waals surface area contributed by atoms with E-state index in [2.05, 4.69) is 9.97 Å². The van der Waals surface area contributed by atoms with Gasteiger partial charge >= 0.3 is 0 Å². The Balaban J connectivity index is 1.85. The van der Waals surface area contributed by atoms with Crippen molar-refractivity contribution in [1.82, 2.24) is 19.4 Å². The lowest BCUT2D eigenvalue weighted by atomic mass is 9.96. The second-order valence-corrected chi connectivity index (χ2v) is 6.76. The van der Waals surface area contributed by atoms with Crippen LogP contribution in [0.5, 0.6) is 0 Å². The van der Waals surface area contributed by atoms with Crippen molar-refractivity contribution in [2.75, 3.05) is 13.1 Å². The van der Waals surface area contributed by atoms with E-state index < -0.39 is 0 Å². The van der Waals surface area contributed by atoms with E-state index in [0.29, 0.717) is 13.1 Å². The first-order valence-corrected chi connectivity index (χ1v) is 8.36. The molecule has 0 aromatic carbocycles. The van der Waals surface area contributed by atoms with Crippen LogP contribution in [0.15, 0.2) is 17.1 Å². The minimum atomic E-state index is -0.307. The summed E-state index contributed by atoms with van der Waals surface area (Å²) in [6, 6.07) is 1.70. The van der Waals surface area contributed by atoms with Gasteiger partial charge in [0.1, 0.15) is 11.4 Å². The van der Waals surface area contributed by atoms with Crippen LogP contribution in [0, 0.1) is 20.8 Å². The topological polar surface area (TPSA) is 71.0 Å². The number of aromatic amines is 1. The summed E-state index contributed by atoms with van der Waals surface area (Å²) in [6.45, 7) is 7.01. The maximum atomic E-state index is 12.8.